The normalized spacial score (nSPS) is 24.5. The van der Waals surface area contributed by atoms with E-state index in [2.05, 4.69) is 0 Å². The van der Waals surface area contributed by atoms with Crippen molar-refractivity contribution in [1.82, 2.24) is 4.31 Å². The first-order valence-electron chi connectivity index (χ1n) is 5.72. The first-order valence-corrected chi connectivity index (χ1v) is 7.53. The fourth-order valence-electron chi connectivity index (χ4n) is 2.02. The summed E-state index contributed by atoms with van der Waals surface area (Å²) in [5.41, 5.74) is -3.09. The van der Waals surface area contributed by atoms with Gasteiger partial charge in [0.15, 0.2) is 5.60 Å². The van der Waals surface area contributed by atoms with Crippen molar-refractivity contribution in [1.29, 1.82) is 0 Å². The summed E-state index contributed by atoms with van der Waals surface area (Å²) >= 11 is 5.62. The van der Waals surface area contributed by atoms with Gasteiger partial charge >= 0.3 is 6.18 Å². The maximum Gasteiger partial charge on any atom is 0.418 e. The van der Waals surface area contributed by atoms with E-state index in [-0.39, 0.29) is 0 Å². The number of nitrogens with zero attached hydrogens (tertiary/aromatic N) is 1. The molecular weight excluding hydrogens is 338 g/mol. The van der Waals surface area contributed by atoms with Crippen LogP contribution in [-0.4, -0.2) is 42.7 Å². The quantitative estimate of drug-likeness (QED) is 0.834. The lowest BCUT2D eigenvalue weighted by Crippen LogP contribution is -2.48. The number of alkyl halides is 3. The number of rotatable bonds is 2. The van der Waals surface area contributed by atoms with E-state index in [0.29, 0.717) is 4.31 Å². The Kier molecular flexibility index (Phi) is 3.98. The van der Waals surface area contributed by atoms with Crippen LogP contribution < -0.4 is 0 Å². The van der Waals surface area contributed by atoms with E-state index in [0.717, 1.165) is 18.2 Å². The Morgan fingerprint density at radius 2 is 1.95 bits per heavy atom. The van der Waals surface area contributed by atoms with Crippen molar-refractivity contribution in [3.63, 3.8) is 0 Å². The third-order valence-corrected chi connectivity index (χ3v) is 5.58. The van der Waals surface area contributed by atoms with Gasteiger partial charge in [0.05, 0.1) is 11.6 Å². The number of benzene rings is 1. The number of β-amino-alcohol motifs (C(OH)–C–C–N with tert-alkyl or cyclic N) is 1. The van der Waals surface area contributed by atoms with Gasteiger partial charge in [0.2, 0.25) is 10.0 Å². The van der Waals surface area contributed by atoms with E-state index in [4.69, 9.17) is 11.6 Å². The Labute approximate surface area is 123 Å². The van der Waals surface area contributed by atoms with Gasteiger partial charge in [0, 0.05) is 13.0 Å². The molecule has 0 saturated carbocycles. The summed E-state index contributed by atoms with van der Waals surface area (Å²) in [5.74, 6) is -0.771. The minimum absolute atomic E-state index is 0.433. The van der Waals surface area contributed by atoms with Gasteiger partial charge in [-0.2, -0.15) is 17.5 Å². The molecule has 1 aliphatic heterocycles. The van der Waals surface area contributed by atoms with Crippen LogP contribution in [0.1, 0.15) is 6.42 Å². The Hall–Kier alpha value is -0.900. The van der Waals surface area contributed by atoms with Crippen molar-refractivity contribution in [2.24, 2.45) is 0 Å². The molecule has 1 aliphatic rings. The van der Waals surface area contributed by atoms with Crippen LogP contribution in [0, 0.1) is 5.82 Å². The highest BCUT2D eigenvalue weighted by Gasteiger charge is 2.58. The van der Waals surface area contributed by atoms with Gasteiger partial charge in [-0.3, -0.25) is 0 Å². The van der Waals surface area contributed by atoms with Crippen LogP contribution in [0.15, 0.2) is 23.1 Å². The number of aliphatic hydroxyl groups is 1. The molecule has 0 bridgehead atoms. The molecule has 1 fully saturated rings. The molecule has 118 valence electrons. The molecule has 1 aromatic carbocycles. The summed E-state index contributed by atoms with van der Waals surface area (Å²) in [7, 11) is -4.34. The minimum atomic E-state index is -4.94. The van der Waals surface area contributed by atoms with Gasteiger partial charge in [-0.1, -0.05) is 11.6 Å². The standard InChI is InChI=1S/C11H10ClF4NO3S/c12-8-5-7(13)1-2-9(8)21(19,20)17-4-3-10(18,6-17)11(14,15)16/h1-2,5,18H,3-4,6H2/t10-/m1/s1. The van der Waals surface area contributed by atoms with Crippen molar-refractivity contribution in [3.8, 4) is 0 Å². The van der Waals surface area contributed by atoms with Gasteiger partial charge < -0.3 is 5.11 Å². The lowest BCUT2D eigenvalue weighted by molar-refractivity contribution is -0.252. The third-order valence-electron chi connectivity index (χ3n) is 3.25. The Balaban J connectivity index is 2.35. The highest BCUT2D eigenvalue weighted by atomic mass is 35.5. The van der Waals surface area contributed by atoms with Gasteiger partial charge in [0.1, 0.15) is 10.7 Å². The molecule has 1 atom stereocenters. The van der Waals surface area contributed by atoms with Crippen molar-refractivity contribution in [3.05, 3.63) is 29.0 Å². The van der Waals surface area contributed by atoms with Gasteiger partial charge in [-0.15, -0.1) is 0 Å². The highest BCUT2D eigenvalue weighted by Crippen LogP contribution is 2.40. The Morgan fingerprint density at radius 3 is 2.43 bits per heavy atom. The van der Waals surface area contributed by atoms with Crippen LogP contribution in [0.2, 0.25) is 5.02 Å². The molecule has 0 aromatic heterocycles. The predicted octanol–water partition coefficient (Wildman–Crippen LogP) is 2.17. The second-order valence-corrected chi connectivity index (χ2v) is 7.01. The van der Waals surface area contributed by atoms with Gasteiger partial charge in [-0.25, -0.2) is 12.8 Å². The average Bonchev–Trinajstić information content (AvgIpc) is 2.72. The third kappa shape index (κ3) is 2.87. The molecule has 0 spiro atoms. The van der Waals surface area contributed by atoms with E-state index in [9.17, 15) is 31.1 Å². The van der Waals surface area contributed by atoms with Gasteiger partial charge in [0.25, 0.3) is 0 Å². The van der Waals surface area contributed by atoms with Crippen LogP contribution in [0.4, 0.5) is 17.6 Å². The van der Waals surface area contributed by atoms with E-state index < -0.39 is 57.0 Å². The van der Waals surface area contributed by atoms with Crippen molar-refractivity contribution < 1.29 is 31.1 Å². The summed E-state index contributed by atoms with van der Waals surface area (Å²) in [4.78, 5) is -0.503. The topological polar surface area (TPSA) is 57.6 Å². The van der Waals surface area contributed by atoms with E-state index in [1.807, 2.05) is 0 Å². The molecule has 1 heterocycles. The molecular formula is C11H10ClF4NO3S. The molecule has 21 heavy (non-hydrogen) atoms. The van der Waals surface area contributed by atoms with Crippen LogP contribution in [0.5, 0.6) is 0 Å². The summed E-state index contributed by atoms with van der Waals surface area (Å²) in [5, 5.41) is 9.06. The van der Waals surface area contributed by atoms with Crippen molar-refractivity contribution in [2.75, 3.05) is 13.1 Å². The molecule has 0 aliphatic carbocycles. The smallest absolute Gasteiger partial charge is 0.379 e. The lowest BCUT2D eigenvalue weighted by Gasteiger charge is -2.25. The predicted molar refractivity (Wildman–Crippen MR) is 65.8 cm³/mol. The SMILES string of the molecule is O=S(=O)(c1ccc(F)cc1Cl)N1CC[C@](O)(C(F)(F)F)C1. The maximum atomic E-state index is 12.9. The molecule has 0 radical (unpaired) electrons. The van der Waals surface area contributed by atoms with E-state index in [1.165, 1.54) is 0 Å². The largest absolute Gasteiger partial charge is 0.418 e. The average molecular weight is 348 g/mol. The Bertz CT molecular complexity index is 664. The highest BCUT2D eigenvalue weighted by molar-refractivity contribution is 7.89. The van der Waals surface area contributed by atoms with Crippen molar-refractivity contribution in [2.45, 2.75) is 23.1 Å². The zero-order chi connectivity index (χ0) is 16.1. The Morgan fingerprint density at radius 1 is 1.33 bits per heavy atom. The fraction of sp³-hybridized carbons (Fsp3) is 0.455. The summed E-state index contributed by atoms with van der Waals surface area (Å²) in [6.07, 6.45) is -5.71. The van der Waals surface area contributed by atoms with Crippen LogP contribution >= 0.6 is 11.6 Å². The number of hydrogen-bond acceptors (Lipinski definition) is 3. The second kappa shape index (κ2) is 5.08. The maximum absolute atomic E-state index is 12.9. The minimum Gasteiger partial charge on any atom is -0.379 e. The van der Waals surface area contributed by atoms with Gasteiger partial charge in [-0.05, 0) is 18.2 Å². The molecule has 1 saturated heterocycles. The van der Waals surface area contributed by atoms with Crippen LogP contribution in [0.25, 0.3) is 0 Å². The molecule has 0 amide bonds. The summed E-state index contributed by atoms with van der Waals surface area (Å²) in [6, 6.07) is 2.46. The lowest BCUT2D eigenvalue weighted by atomic mass is 10.0. The first kappa shape index (κ1) is 16.5. The fourth-order valence-corrected chi connectivity index (χ4v) is 4.02. The van der Waals surface area contributed by atoms with E-state index >= 15 is 0 Å². The van der Waals surface area contributed by atoms with Crippen molar-refractivity contribution >= 4 is 21.6 Å². The first-order chi connectivity index (χ1) is 9.47. The second-order valence-electron chi connectivity index (χ2n) is 4.69. The zero-order valence-electron chi connectivity index (χ0n) is 10.4. The molecule has 1 N–H and O–H groups in total. The molecule has 10 heteroatoms. The van der Waals surface area contributed by atoms with Crippen LogP contribution in [-0.2, 0) is 10.0 Å². The molecule has 4 nitrogen and oxygen atoms in total. The van der Waals surface area contributed by atoms with E-state index in [1.54, 1.807) is 0 Å². The zero-order valence-corrected chi connectivity index (χ0v) is 11.9. The number of hydrogen-bond donors (Lipinski definition) is 1. The number of halogens is 5. The molecule has 2 rings (SSSR count). The number of sulfonamides is 1. The summed E-state index contributed by atoms with van der Waals surface area (Å²) < 4.78 is 75.9. The molecule has 0 unspecified atom stereocenters. The monoisotopic (exact) mass is 347 g/mol. The van der Waals surface area contributed by atoms with Crippen LogP contribution in [0.3, 0.4) is 0 Å². The summed E-state index contributed by atoms with van der Waals surface area (Å²) in [6.45, 7) is -1.63. The molecule has 1 aromatic rings.